The van der Waals surface area contributed by atoms with Crippen molar-refractivity contribution in [2.24, 2.45) is 5.41 Å². The number of nitrogens with zero attached hydrogens (tertiary/aromatic N) is 1. The molecule has 0 fully saturated rings. The molecule has 80 valence electrons. The maximum Gasteiger partial charge on any atom is 0.0798 e. The Morgan fingerprint density at radius 1 is 1.43 bits per heavy atom. The van der Waals surface area contributed by atoms with Crippen LogP contribution >= 0.6 is 11.3 Å². The summed E-state index contributed by atoms with van der Waals surface area (Å²) in [6, 6.07) is 0. The van der Waals surface area contributed by atoms with Crippen LogP contribution in [0.4, 0.5) is 0 Å². The molecule has 3 heteroatoms. The molecule has 1 N–H and O–H groups in total. The first-order valence-corrected chi connectivity index (χ1v) is 5.97. The van der Waals surface area contributed by atoms with E-state index in [1.807, 2.05) is 5.51 Å². The fourth-order valence-electron chi connectivity index (χ4n) is 1.16. The van der Waals surface area contributed by atoms with Gasteiger partial charge in [-0.15, -0.1) is 11.3 Å². The minimum atomic E-state index is 0.426. The van der Waals surface area contributed by atoms with E-state index in [-0.39, 0.29) is 0 Å². The van der Waals surface area contributed by atoms with E-state index >= 15 is 0 Å². The molecular weight excluding hydrogens is 192 g/mol. The Hall–Kier alpha value is -0.410. The van der Waals surface area contributed by atoms with Crippen LogP contribution in [-0.4, -0.2) is 11.5 Å². The molecule has 1 heterocycles. The molecule has 0 atom stereocenters. The average Bonchev–Trinajstić information content (AvgIpc) is 2.44. The van der Waals surface area contributed by atoms with Gasteiger partial charge in [0, 0.05) is 11.4 Å². The summed E-state index contributed by atoms with van der Waals surface area (Å²) in [5.41, 5.74) is 3.50. The molecule has 0 aliphatic carbocycles. The number of aryl methyl sites for hydroxylation is 1. The Kier molecular flexibility index (Phi) is 4.08. The van der Waals surface area contributed by atoms with E-state index in [0.717, 1.165) is 13.1 Å². The maximum absolute atomic E-state index is 4.22. The first-order valence-electron chi connectivity index (χ1n) is 5.09. The molecule has 0 aliphatic heterocycles. The van der Waals surface area contributed by atoms with Gasteiger partial charge >= 0.3 is 0 Å². The van der Waals surface area contributed by atoms with Crippen LogP contribution in [0, 0.1) is 12.3 Å². The molecular formula is C11H20N2S. The Morgan fingerprint density at radius 2 is 2.14 bits per heavy atom. The molecule has 0 amide bonds. The third-order valence-electron chi connectivity index (χ3n) is 2.18. The first kappa shape index (κ1) is 11.7. The summed E-state index contributed by atoms with van der Waals surface area (Å²) < 4.78 is 0. The molecule has 0 bridgehead atoms. The van der Waals surface area contributed by atoms with Crippen molar-refractivity contribution in [1.29, 1.82) is 0 Å². The second kappa shape index (κ2) is 4.89. The van der Waals surface area contributed by atoms with Gasteiger partial charge in [-0.05, 0) is 25.3 Å². The van der Waals surface area contributed by atoms with Crippen LogP contribution in [0.15, 0.2) is 5.51 Å². The van der Waals surface area contributed by atoms with Crippen molar-refractivity contribution < 1.29 is 0 Å². The quantitative estimate of drug-likeness (QED) is 0.776. The van der Waals surface area contributed by atoms with Crippen LogP contribution in [0.1, 0.15) is 37.8 Å². The Labute approximate surface area is 90.8 Å². The van der Waals surface area contributed by atoms with Crippen molar-refractivity contribution in [3.05, 3.63) is 16.1 Å². The van der Waals surface area contributed by atoms with Crippen LogP contribution in [0.2, 0.25) is 0 Å². The zero-order valence-electron chi connectivity index (χ0n) is 9.55. The van der Waals surface area contributed by atoms with Gasteiger partial charge in [-0.2, -0.15) is 0 Å². The summed E-state index contributed by atoms with van der Waals surface area (Å²) in [7, 11) is 0. The second-order valence-electron chi connectivity index (χ2n) is 4.85. The summed E-state index contributed by atoms with van der Waals surface area (Å²) in [4.78, 5) is 5.58. The van der Waals surface area contributed by atoms with Crippen molar-refractivity contribution in [1.82, 2.24) is 10.3 Å². The molecule has 0 radical (unpaired) electrons. The molecule has 0 saturated heterocycles. The van der Waals surface area contributed by atoms with Crippen LogP contribution in [0.5, 0.6) is 0 Å². The van der Waals surface area contributed by atoms with Crippen molar-refractivity contribution in [3.8, 4) is 0 Å². The van der Waals surface area contributed by atoms with E-state index < -0.39 is 0 Å². The SMILES string of the molecule is Cc1ncsc1CNCCC(C)(C)C. The summed E-state index contributed by atoms with van der Waals surface area (Å²) in [5, 5.41) is 3.46. The minimum Gasteiger partial charge on any atom is -0.312 e. The van der Waals surface area contributed by atoms with Gasteiger partial charge in [-0.3, -0.25) is 0 Å². The summed E-state index contributed by atoms with van der Waals surface area (Å²) in [5.74, 6) is 0. The number of rotatable bonds is 4. The van der Waals surface area contributed by atoms with Crippen LogP contribution in [0.3, 0.4) is 0 Å². The highest BCUT2D eigenvalue weighted by molar-refractivity contribution is 7.09. The molecule has 0 aliphatic rings. The predicted molar refractivity (Wildman–Crippen MR) is 62.6 cm³/mol. The number of hydrogen-bond acceptors (Lipinski definition) is 3. The molecule has 0 saturated carbocycles. The van der Waals surface area contributed by atoms with Gasteiger partial charge in [-0.25, -0.2) is 4.98 Å². The minimum absolute atomic E-state index is 0.426. The lowest BCUT2D eigenvalue weighted by Crippen LogP contribution is -2.20. The van der Waals surface area contributed by atoms with E-state index in [1.54, 1.807) is 11.3 Å². The first-order chi connectivity index (χ1) is 6.49. The standard InChI is InChI=1S/C11H20N2S/c1-9-10(14-8-13-9)7-12-6-5-11(2,3)4/h8,12H,5-7H2,1-4H3. The van der Waals surface area contributed by atoms with Gasteiger partial charge in [0.05, 0.1) is 11.2 Å². The van der Waals surface area contributed by atoms with Crippen molar-refractivity contribution in [2.75, 3.05) is 6.54 Å². The molecule has 0 unspecified atom stereocenters. The normalized spacial score (nSPS) is 12.0. The van der Waals surface area contributed by atoms with Gasteiger partial charge < -0.3 is 5.32 Å². The molecule has 1 aromatic rings. The van der Waals surface area contributed by atoms with E-state index in [2.05, 4.69) is 38.0 Å². The number of aromatic nitrogens is 1. The predicted octanol–water partition coefficient (Wildman–Crippen LogP) is 2.98. The number of nitrogens with one attached hydrogen (secondary N) is 1. The smallest absolute Gasteiger partial charge is 0.0798 e. The Morgan fingerprint density at radius 3 is 2.64 bits per heavy atom. The van der Waals surface area contributed by atoms with Crippen LogP contribution in [-0.2, 0) is 6.54 Å². The van der Waals surface area contributed by atoms with E-state index in [1.165, 1.54) is 17.0 Å². The van der Waals surface area contributed by atoms with Crippen molar-refractivity contribution >= 4 is 11.3 Å². The topological polar surface area (TPSA) is 24.9 Å². The molecule has 2 nitrogen and oxygen atoms in total. The Bertz CT molecular complexity index is 273. The summed E-state index contributed by atoms with van der Waals surface area (Å²) in [6.07, 6.45) is 1.21. The van der Waals surface area contributed by atoms with Crippen molar-refractivity contribution in [2.45, 2.75) is 40.7 Å². The molecule has 1 rings (SSSR count). The summed E-state index contributed by atoms with van der Waals surface area (Å²) >= 11 is 1.73. The van der Waals surface area contributed by atoms with Gasteiger partial charge in [0.25, 0.3) is 0 Å². The number of thiazole rings is 1. The molecule has 0 aromatic carbocycles. The molecule has 1 aromatic heterocycles. The highest BCUT2D eigenvalue weighted by atomic mass is 32.1. The fraction of sp³-hybridized carbons (Fsp3) is 0.727. The van der Waals surface area contributed by atoms with E-state index in [9.17, 15) is 0 Å². The highest BCUT2D eigenvalue weighted by Crippen LogP contribution is 2.17. The lowest BCUT2D eigenvalue weighted by Gasteiger charge is -2.17. The molecule has 0 spiro atoms. The third-order valence-corrected chi connectivity index (χ3v) is 3.12. The molecule has 14 heavy (non-hydrogen) atoms. The van der Waals surface area contributed by atoms with Gasteiger partial charge in [0.1, 0.15) is 0 Å². The lowest BCUT2D eigenvalue weighted by atomic mass is 9.92. The van der Waals surface area contributed by atoms with E-state index in [4.69, 9.17) is 0 Å². The highest BCUT2D eigenvalue weighted by Gasteiger charge is 2.09. The van der Waals surface area contributed by atoms with Gasteiger partial charge in [0.2, 0.25) is 0 Å². The zero-order valence-corrected chi connectivity index (χ0v) is 10.4. The van der Waals surface area contributed by atoms with Crippen molar-refractivity contribution in [3.63, 3.8) is 0 Å². The number of hydrogen-bond donors (Lipinski definition) is 1. The van der Waals surface area contributed by atoms with Crippen LogP contribution < -0.4 is 5.32 Å². The Balaban J connectivity index is 2.20. The lowest BCUT2D eigenvalue weighted by molar-refractivity contribution is 0.367. The zero-order chi connectivity index (χ0) is 10.6. The fourth-order valence-corrected chi connectivity index (χ4v) is 1.91. The summed E-state index contributed by atoms with van der Waals surface area (Å²) in [6.45, 7) is 10.9. The van der Waals surface area contributed by atoms with Crippen LogP contribution in [0.25, 0.3) is 0 Å². The van der Waals surface area contributed by atoms with Gasteiger partial charge in [0.15, 0.2) is 0 Å². The average molecular weight is 212 g/mol. The maximum atomic E-state index is 4.22. The van der Waals surface area contributed by atoms with Gasteiger partial charge in [-0.1, -0.05) is 20.8 Å². The largest absolute Gasteiger partial charge is 0.312 e. The second-order valence-corrected chi connectivity index (χ2v) is 5.79. The third kappa shape index (κ3) is 4.20. The van der Waals surface area contributed by atoms with E-state index in [0.29, 0.717) is 5.41 Å². The monoisotopic (exact) mass is 212 g/mol.